The van der Waals surface area contributed by atoms with Crippen LogP contribution in [0.4, 0.5) is 5.69 Å². The third-order valence-corrected chi connectivity index (χ3v) is 3.89. The Morgan fingerprint density at radius 1 is 1.00 bits per heavy atom. The van der Waals surface area contributed by atoms with Crippen molar-refractivity contribution in [2.24, 2.45) is 0 Å². The first-order valence-electron chi connectivity index (χ1n) is 7.59. The number of anilines is 1. The molecule has 0 fully saturated rings. The second kappa shape index (κ2) is 6.48. The fourth-order valence-electron chi connectivity index (χ4n) is 2.58. The van der Waals surface area contributed by atoms with Crippen molar-refractivity contribution in [3.63, 3.8) is 0 Å². The number of aromatic nitrogens is 2. The Hall–Kier alpha value is -2.88. The van der Waals surface area contributed by atoms with Crippen molar-refractivity contribution in [1.82, 2.24) is 10.2 Å². The van der Waals surface area contributed by atoms with Gasteiger partial charge in [0.25, 0.3) is 0 Å². The van der Waals surface area contributed by atoms with Crippen molar-refractivity contribution in [2.45, 2.75) is 20.3 Å². The topological polar surface area (TPSA) is 57.8 Å². The van der Waals surface area contributed by atoms with Crippen LogP contribution in [-0.2, 0) is 11.2 Å². The first-order valence-corrected chi connectivity index (χ1v) is 7.59. The van der Waals surface area contributed by atoms with Gasteiger partial charge in [-0.2, -0.15) is 5.10 Å². The SMILES string of the molecule is Cc1n[nH]c(C)c1CC(=O)Nc1ccc(-c2ccccc2)cc1. The molecule has 0 saturated carbocycles. The molecule has 0 aliphatic carbocycles. The molecule has 0 atom stereocenters. The van der Waals surface area contributed by atoms with Gasteiger partial charge in [-0.05, 0) is 37.1 Å². The Balaban J connectivity index is 1.68. The van der Waals surface area contributed by atoms with Crippen molar-refractivity contribution < 1.29 is 4.79 Å². The van der Waals surface area contributed by atoms with Crippen LogP contribution in [0.2, 0.25) is 0 Å². The molecule has 116 valence electrons. The summed E-state index contributed by atoms with van der Waals surface area (Å²) in [6.45, 7) is 3.83. The minimum Gasteiger partial charge on any atom is -0.326 e. The Kier molecular flexibility index (Phi) is 4.24. The number of hydrogen-bond donors (Lipinski definition) is 2. The molecular formula is C19H19N3O. The van der Waals surface area contributed by atoms with E-state index in [9.17, 15) is 4.79 Å². The van der Waals surface area contributed by atoms with Gasteiger partial charge < -0.3 is 5.32 Å². The molecule has 0 aliphatic heterocycles. The quantitative estimate of drug-likeness (QED) is 0.768. The summed E-state index contributed by atoms with van der Waals surface area (Å²) < 4.78 is 0. The summed E-state index contributed by atoms with van der Waals surface area (Å²) >= 11 is 0. The third-order valence-electron chi connectivity index (χ3n) is 3.89. The highest BCUT2D eigenvalue weighted by molar-refractivity contribution is 5.92. The van der Waals surface area contributed by atoms with E-state index in [0.717, 1.165) is 33.8 Å². The molecule has 1 aromatic heterocycles. The van der Waals surface area contributed by atoms with Gasteiger partial charge in [0.15, 0.2) is 0 Å². The van der Waals surface area contributed by atoms with E-state index in [1.165, 1.54) is 0 Å². The van der Waals surface area contributed by atoms with Crippen LogP contribution in [0.15, 0.2) is 54.6 Å². The molecule has 0 radical (unpaired) electrons. The number of H-pyrrole nitrogens is 1. The first kappa shape index (κ1) is 15.0. The van der Waals surface area contributed by atoms with Crippen molar-refractivity contribution in [3.05, 3.63) is 71.5 Å². The van der Waals surface area contributed by atoms with Crippen LogP contribution < -0.4 is 5.32 Å². The highest BCUT2D eigenvalue weighted by Gasteiger charge is 2.11. The first-order chi connectivity index (χ1) is 11.1. The predicted molar refractivity (Wildman–Crippen MR) is 92.3 cm³/mol. The fraction of sp³-hybridized carbons (Fsp3) is 0.158. The standard InChI is InChI=1S/C19H19N3O/c1-13-18(14(2)22-21-13)12-19(23)20-17-10-8-16(9-11-17)15-6-4-3-5-7-15/h3-11H,12H2,1-2H3,(H,20,23)(H,21,22). The van der Waals surface area contributed by atoms with Gasteiger partial charge in [-0.15, -0.1) is 0 Å². The monoisotopic (exact) mass is 305 g/mol. The zero-order chi connectivity index (χ0) is 16.2. The number of hydrogen-bond acceptors (Lipinski definition) is 2. The maximum absolute atomic E-state index is 12.2. The van der Waals surface area contributed by atoms with Gasteiger partial charge in [0, 0.05) is 16.9 Å². The smallest absolute Gasteiger partial charge is 0.228 e. The van der Waals surface area contributed by atoms with Crippen LogP contribution in [0.5, 0.6) is 0 Å². The molecule has 0 spiro atoms. The normalized spacial score (nSPS) is 10.5. The van der Waals surface area contributed by atoms with Gasteiger partial charge >= 0.3 is 0 Å². The van der Waals surface area contributed by atoms with Gasteiger partial charge in [0.05, 0.1) is 12.1 Å². The summed E-state index contributed by atoms with van der Waals surface area (Å²) in [4.78, 5) is 12.2. The van der Waals surface area contributed by atoms with Gasteiger partial charge in [0.2, 0.25) is 5.91 Å². The number of rotatable bonds is 4. The molecule has 3 rings (SSSR count). The lowest BCUT2D eigenvalue weighted by atomic mass is 10.1. The van der Waals surface area contributed by atoms with Gasteiger partial charge in [-0.1, -0.05) is 42.5 Å². The second-order valence-corrected chi connectivity index (χ2v) is 5.58. The summed E-state index contributed by atoms with van der Waals surface area (Å²) in [5.74, 6) is -0.0370. The number of benzene rings is 2. The average Bonchev–Trinajstić information content (AvgIpc) is 2.88. The number of aromatic amines is 1. The summed E-state index contributed by atoms with van der Waals surface area (Å²) in [6.07, 6.45) is 0.328. The lowest BCUT2D eigenvalue weighted by Crippen LogP contribution is -2.15. The maximum Gasteiger partial charge on any atom is 0.228 e. The van der Waals surface area contributed by atoms with E-state index >= 15 is 0 Å². The third kappa shape index (κ3) is 3.48. The molecule has 2 aromatic carbocycles. The maximum atomic E-state index is 12.2. The molecular weight excluding hydrogens is 286 g/mol. The number of aryl methyl sites for hydroxylation is 2. The Labute approximate surface area is 135 Å². The molecule has 2 N–H and O–H groups in total. The van der Waals surface area contributed by atoms with Crippen molar-refractivity contribution in [1.29, 1.82) is 0 Å². The molecule has 0 aliphatic rings. The molecule has 0 saturated heterocycles. The second-order valence-electron chi connectivity index (χ2n) is 5.58. The van der Waals surface area contributed by atoms with E-state index < -0.39 is 0 Å². The molecule has 4 heteroatoms. The van der Waals surface area contributed by atoms with Crippen LogP contribution in [0.25, 0.3) is 11.1 Å². The highest BCUT2D eigenvalue weighted by atomic mass is 16.1. The molecule has 0 bridgehead atoms. The fourth-order valence-corrected chi connectivity index (χ4v) is 2.58. The summed E-state index contributed by atoms with van der Waals surface area (Å²) in [5, 5.41) is 9.95. The molecule has 4 nitrogen and oxygen atoms in total. The summed E-state index contributed by atoms with van der Waals surface area (Å²) in [7, 11) is 0. The van der Waals surface area contributed by atoms with E-state index in [1.54, 1.807) is 0 Å². The van der Waals surface area contributed by atoms with E-state index in [-0.39, 0.29) is 5.91 Å². The van der Waals surface area contributed by atoms with Crippen molar-refractivity contribution in [3.8, 4) is 11.1 Å². The average molecular weight is 305 g/mol. The van der Waals surface area contributed by atoms with Crippen LogP contribution in [0.3, 0.4) is 0 Å². The molecule has 1 heterocycles. The summed E-state index contributed by atoms with van der Waals surface area (Å²) in [6, 6.07) is 18.0. The minimum atomic E-state index is -0.0370. The highest BCUT2D eigenvalue weighted by Crippen LogP contribution is 2.21. The van der Waals surface area contributed by atoms with Crippen LogP contribution >= 0.6 is 0 Å². The largest absolute Gasteiger partial charge is 0.326 e. The Morgan fingerprint density at radius 3 is 2.26 bits per heavy atom. The van der Waals surface area contributed by atoms with Crippen molar-refractivity contribution in [2.75, 3.05) is 5.32 Å². The molecule has 1 amide bonds. The molecule has 23 heavy (non-hydrogen) atoms. The number of nitrogens with one attached hydrogen (secondary N) is 2. The van der Waals surface area contributed by atoms with Crippen LogP contribution in [0, 0.1) is 13.8 Å². The number of amides is 1. The Bertz CT molecular complexity index is 785. The van der Waals surface area contributed by atoms with Gasteiger partial charge in [0.1, 0.15) is 0 Å². The minimum absolute atomic E-state index is 0.0370. The van der Waals surface area contributed by atoms with Gasteiger partial charge in [-0.3, -0.25) is 9.89 Å². The van der Waals surface area contributed by atoms with Crippen molar-refractivity contribution >= 4 is 11.6 Å². The van der Waals surface area contributed by atoms with Crippen LogP contribution in [0.1, 0.15) is 17.0 Å². The van der Waals surface area contributed by atoms with Gasteiger partial charge in [-0.25, -0.2) is 0 Å². The number of carbonyl (C=O) groups is 1. The zero-order valence-electron chi connectivity index (χ0n) is 13.3. The Morgan fingerprint density at radius 2 is 1.65 bits per heavy atom. The lowest BCUT2D eigenvalue weighted by Gasteiger charge is -2.07. The van der Waals surface area contributed by atoms with E-state index in [4.69, 9.17) is 0 Å². The van der Waals surface area contributed by atoms with E-state index in [2.05, 4.69) is 27.6 Å². The van der Waals surface area contributed by atoms with Crippen LogP contribution in [-0.4, -0.2) is 16.1 Å². The molecule has 3 aromatic rings. The number of carbonyl (C=O) groups excluding carboxylic acids is 1. The zero-order valence-corrected chi connectivity index (χ0v) is 13.3. The number of nitrogens with zero attached hydrogens (tertiary/aromatic N) is 1. The van der Waals surface area contributed by atoms with E-state index in [1.807, 2.05) is 56.3 Å². The summed E-state index contributed by atoms with van der Waals surface area (Å²) in [5.41, 5.74) is 5.87. The predicted octanol–water partition coefficient (Wildman–Crippen LogP) is 3.87. The van der Waals surface area contributed by atoms with E-state index in [0.29, 0.717) is 6.42 Å². The molecule has 0 unspecified atom stereocenters. The lowest BCUT2D eigenvalue weighted by molar-refractivity contribution is -0.115.